The quantitative estimate of drug-likeness (QED) is 0.829. The third kappa shape index (κ3) is 3.00. The van der Waals surface area contributed by atoms with E-state index in [2.05, 4.69) is 5.32 Å². The van der Waals surface area contributed by atoms with Crippen LogP contribution in [0.5, 0.6) is 0 Å². The van der Waals surface area contributed by atoms with Crippen LogP contribution in [-0.4, -0.2) is 5.91 Å². The summed E-state index contributed by atoms with van der Waals surface area (Å²) in [6.45, 7) is 0. The van der Waals surface area contributed by atoms with Crippen LogP contribution in [0.1, 0.15) is 10.4 Å². The lowest BCUT2D eigenvalue weighted by molar-refractivity contribution is 0.102. The first kappa shape index (κ1) is 13.3. The van der Waals surface area contributed by atoms with Gasteiger partial charge in [-0.15, -0.1) is 0 Å². The van der Waals surface area contributed by atoms with Gasteiger partial charge in [0.05, 0.1) is 10.6 Å². The van der Waals surface area contributed by atoms with Crippen LogP contribution in [-0.2, 0) is 0 Å². The fourth-order valence-corrected chi connectivity index (χ4v) is 1.68. The van der Waals surface area contributed by atoms with E-state index in [-0.39, 0.29) is 16.3 Å². The van der Waals surface area contributed by atoms with Crippen LogP contribution in [0.4, 0.5) is 20.2 Å². The number of amides is 1. The lowest BCUT2D eigenvalue weighted by Crippen LogP contribution is -2.14. The fraction of sp³-hybridized carbons (Fsp3) is 0. The predicted molar refractivity (Wildman–Crippen MR) is 70.2 cm³/mol. The van der Waals surface area contributed by atoms with Gasteiger partial charge >= 0.3 is 0 Å². The smallest absolute Gasteiger partial charge is 0.257 e. The van der Waals surface area contributed by atoms with Crippen molar-refractivity contribution in [3.63, 3.8) is 0 Å². The SMILES string of the molecule is Nc1ccc(F)cc1C(=O)Nc1ccc(F)c(Cl)c1. The van der Waals surface area contributed by atoms with E-state index in [0.717, 1.165) is 18.2 Å². The van der Waals surface area contributed by atoms with E-state index in [0.29, 0.717) is 5.69 Å². The van der Waals surface area contributed by atoms with Crippen LogP contribution < -0.4 is 11.1 Å². The molecule has 0 aliphatic heterocycles. The summed E-state index contributed by atoms with van der Waals surface area (Å²) in [7, 11) is 0. The number of halogens is 3. The molecule has 0 saturated heterocycles. The molecule has 0 aliphatic rings. The van der Waals surface area contributed by atoms with Crippen molar-refractivity contribution in [3.05, 3.63) is 58.6 Å². The van der Waals surface area contributed by atoms with Crippen molar-refractivity contribution in [1.82, 2.24) is 0 Å². The average Bonchev–Trinajstić information content (AvgIpc) is 2.36. The average molecular weight is 283 g/mol. The minimum Gasteiger partial charge on any atom is -0.398 e. The molecule has 0 bridgehead atoms. The zero-order chi connectivity index (χ0) is 14.0. The first-order valence-corrected chi connectivity index (χ1v) is 5.66. The van der Waals surface area contributed by atoms with Crippen molar-refractivity contribution in [3.8, 4) is 0 Å². The Balaban J connectivity index is 2.25. The summed E-state index contributed by atoms with van der Waals surface area (Å²) in [5.41, 5.74) is 6.02. The number of nitrogen functional groups attached to an aromatic ring is 1. The maximum Gasteiger partial charge on any atom is 0.257 e. The Morgan fingerprint density at radius 2 is 1.89 bits per heavy atom. The molecule has 0 aliphatic carbocycles. The van der Waals surface area contributed by atoms with Gasteiger partial charge in [-0.25, -0.2) is 8.78 Å². The molecule has 98 valence electrons. The maximum atomic E-state index is 13.1. The van der Waals surface area contributed by atoms with E-state index in [9.17, 15) is 13.6 Å². The molecule has 6 heteroatoms. The molecule has 19 heavy (non-hydrogen) atoms. The number of carbonyl (C=O) groups is 1. The fourth-order valence-electron chi connectivity index (χ4n) is 1.50. The van der Waals surface area contributed by atoms with Gasteiger partial charge in [0, 0.05) is 11.4 Å². The van der Waals surface area contributed by atoms with Crippen LogP contribution in [0.15, 0.2) is 36.4 Å². The Kier molecular flexibility index (Phi) is 3.66. The summed E-state index contributed by atoms with van der Waals surface area (Å²) < 4.78 is 26.0. The Morgan fingerprint density at radius 3 is 2.58 bits per heavy atom. The van der Waals surface area contributed by atoms with Gasteiger partial charge in [-0.1, -0.05) is 11.6 Å². The molecule has 0 aromatic heterocycles. The van der Waals surface area contributed by atoms with Gasteiger partial charge in [-0.3, -0.25) is 4.79 Å². The van der Waals surface area contributed by atoms with Crippen molar-refractivity contribution < 1.29 is 13.6 Å². The largest absolute Gasteiger partial charge is 0.398 e. The van der Waals surface area contributed by atoms with Gasteiger partial charge in [-0.05, 0) is 36.4 Å². The first-order valence-electron chi connectivity index (χ1n) is 5.29. The summed E-state index contributed by atoms with van der Waals surface area (Å²) >= 11 is 5.59. The number of nitrogens with one attached hydrogen (secondary N) is 1. The maximum absolute atomic E-state index is 13.1. The molecule has 2 aromatic carbocycles. The Morgan fingerprint density at radius 1 is 1.16 bits per heavy atom. The number of rotatable bonds is 2. The van der Waals surface area contributed by atoms with Gasteiger partial charge in [0.15, 0.2) is 0 Å². The molecule has 0 fully saturated rings. The van der Waals surface area contributed by atoms with Crippen LogP contribution >= 0.6 is 11.6 Å². The Labute approximate surface area is 113 Å². The van der Waals surface area contributed by atoms with Crippen molar-refractivity contribution in [2.24, 2.45) is 0 Å². The normalized spacial score (nSPS) is 10.3. The summed E-state index contributed by atoms with van der Waals surface area (Å²) in [4.78, 5) is 11.9. The highest BCUT2D eigenvalue weighted by Crippen LogP contribution is 2.21. The molecule has 2 rings (SSSR count). The number of carbonyl (C=O) groups excluding carboxylic acids is 1. The zero-order valence-corrected chi connectivity index (χ0v) is 10.3. The number of hydrogen-bond acceptors (Lipinski definition) is 2. The van der Waals surface area contributed by atoms with Crippen molar-refractivity contribution in [1.29, 1.82) is 0 Å². The van der Waals surface area contributed by atoms with Crippen molar-refractivity contribution >= 4 is 28.9 Å². The Hall–Kier alpha value is -2.14. The molecule has 0 radical (unpaired) electrons. The molecule has 0 spiro atoms. The summed E-state index contributed by atoms with van der Waals surface area (Å²) in [6.07, 6.45) is 0. The van der Waals surface area contributed by atoms with Gasteiger partial charge < -0.3 is 11.1 Å². The van der Waals surface area contributed by atoms with Crippen molar-refractivity contribution in [2.45, 2.75) is 0 Å². The van der Waals surface area contributed by atoms with E-state index >= 15 is 0 Å². The van der Waals surface area contributed by atoms with Gasteiger partial charge in [0.25, 0.3) is 5.91 Å². The first-order chi connectivity index (χ1) is 8.97. The molecule has 2 aromatic rings. The number of hydrogen-bond donors (Lipinski definition) is 2. The predicted octanol–water partition coefficient (Wildman–Crippen LogP) is 3.45. The number of anilines is 2. The molecule has 0 atom stereocenters. The van der Waals surface area contributed by atoms with Gasteiger partial charge in [-0.2, -0.15) is 0 Å². The summed E-state index contributed by atoms with van der Waals surface area (Å²) in [5, 5.41) is 2.34. The highest BCUT2D eigenvalue weighted by molar-refractivity contribution is 6.31. The minimum absolute atomic E-state index is 0.000414. The summed E-state index contributed by atoms with van der Waals surface area (Å²) in [5.74, 6) is -1.76. The highest BCUT2D eigenvalue weighted by atomic mass is 35.5. The molecule has 0 heterocycles. The molecular weight excluding hydrogens is 274 g/mol. The van der Waals surface area contributed by atoms with Crippen LogP contribution in [0.3, 0.4) is 0 Å². The second-order valence-electron chi connectivity index (χ2n) is 3.81. The van der Waals surface area contributed by atoms with Gasteiger partial charge in [0.2, 0.25) is 0 Å². The van der Waals surface area contributed by atoms with Crippen LogP contribution in [0, 0.1) is 11.6 Å². The van der Waals surface area contributed by atoms with E-state index in [1.165, 1.54) is 18.2 Å². The number of benzene rings is 2. The van der Waals surface area contributed by atoms with Gasteiger partial charge in [0.1, 0.15) is 11.6 Å². The standard InChI is InChI=1S/C13H9ClF2N2O/c14-10-6-8(2-3-11(10)16)18-13(19)9-5-7(15)1-4-12(9)17/h1-6H,17H2,(H,18,19). The molecule has 1 amide bonds. The van der Waals surface area contributed by atoms with E-state index in [4.69, 9.17) is 17.3 Å². The third-order valence-corrected chi connectivity index (χ3v) is 2.73. The van der Waals surface area contributed by atoms with E-state index in [1.807, 2.05) is 0 Å². The highest BCUT2D eigenvalue weighted by Gasteiger charge is 2.12. The second kappa shape index (κ2) is 5.24. The molecular formula is C13H9ClF2N2O. The molecule has 0 unspecified atom stereocenters. The minimum atomic E-state index is -0.598. The summed E-state index contributed by atoms with van der Waals surface area (Å²) in [6, 6.07) is 7.18. The van der Waals surface area contributed by atoms with E-state index < -0.39 is 17.5 Å². The topological polar surface area (TPSA) is 55.1 Å². The number of nitrogens with two attached hydrogens (primary N) is 1. The van der Waals surface area contributed by atoms with E-state index in [1.54, 1.807) is 0 Å². The van der Waals surface area contributed by atoms with Crippen LogP contribution in [0.25, 0.3) is 0 Å². The molecule has 3 N–H and O–H groups in total. The monoisotopic (exact) mass is 282 g/mol. The lowest BCUT2D eigenvalue weighted by Gasteiger charge is -2.08. The third-order valence-electron chi connectivity index (χ3n) is 2.44. The molecule has 0 saturated carbocycles. The lowest BCUT2D eigenvalue weighted by atomic mass is 10.1. The zero-order valence-electron chi connectivity index (χ0n) is 9.58. The Bertz CT molecular complexity index is 647. The molecule has 3 nitrogen and oxygen atoms in total. The van der Waals surface area contributed by atoms with Crippen molar-refractivity contribution in [2.75, 3.05) is 11.1 Å². The van der Waals surface area contributed by atoms with Crippen LogP contribution in [0.2, 0.25) is 5.02 Å². The second-order valence-corrected chi connectivity index (χ2v) is 4.22.